The Morgan fingerprint density at radius 1 is 1.06 bits per heavy atom. The lowest BCUT2D eigenvalue weighted by atomic mass is 10.2. The fourth-order valence-corrected chi connectivity index (χ4v) is 4.50. The summed E-state index contributed by atoms with van der Waals surface area (Å²) in [7, 11) is 3.14. The topological polar surface area (TPSA) is 67.8 Å². The molecule has 3 aromatic rings. The number of hydrogen-bond acceptors (Lipinski definition) is 7. The normalized spacial score (nSPS) is 14.3. The maximum absolute atomic E-state index is 12.8. The molecule has 0 spiro atoms. The van der Waals surface area contributed by atoms with E-state index in [-0.39, 0.29) is 12.3 Å². The molecule has 7 nitrogen and oxygen atoms in total. The Morgan fingerprint density at radius 3 is 2.41 bits per heavy atom. The lowest BCUT2D eigenvalue weighted by molar-refractivity contribution is -0.137. The predicted molar refractivity (Wildman–Crippen MR) is 122 cm³/mol. The molecule has 3 heterocycles. The van der Waals surface area contributed by atoms with E-state index in [4.69, 9.17) is 9.47 Å². The molecular formula is C23H23F3N4O3S. The molecule has 1 amide bonds. The van der Waals surface area contributed by atoms with Crippen molar-refractivity contribution in [3.05, 3.63) is 53.2 Å². The maximum Gasteiger partial charge on any atom is 0.417 e. The molecular weight excluding hydrogens is 469 g/mol. The van der Waals surface area contributed by atoms with Crippen molar-refractivity contribution in [1.29, 1.82) is 0 Å². The quantitative estimate of drug-likeness (QED) is 0.516. The summed E-state index contributed by atoms with van der Waals surface area (Å²) in [6.45, 7) is 1.93. The van der Waals surface area contributed by atoms with E-state index in [1.165, 1.54) is 17.4 Å². The van der Waals surface area contributed by atoms with Gasteiger partial charge < -0.3 is 19.3 Å². The Kier molecular flexibility index (Phi) is 6.92. The van der Waals surface area contributed by atoms with Gasteiger partial charge in [-0.05, 0) is 30.3 Å². The van der Waals surface area contributed by atoms with Crippen LogP contribution in [0.1, 0.15) is 11.3 Å². The van der Waals surface area contributed by atoms with Gasteiger partial charge in [-0.15, -0.1) is 11.3 Å². The summed E-state index contributed by atoms with van der Waals surface area (Å²) < 4.78 is 48.8. The molecule has 1 fully saturated rings. The van der Waals surface area contributed by atoms with E-state index < -0.39 is 11.7 Å². The summed E-state index contributed by atoms with van der Waals surface area (Å²) >= 11 is 1.45. The number of rotatable bonds is 6. The highest BCUT2D eigenvalue weighted by Gasteiger charge is 2.31. The highest BCUT2D eigenvalue weighted by atomic mass is 32.1. The van der Waals surface area contributed by atoms with E-state index in [9.17, 15) is 18.0 Å². The number of hydrogen-bond donors (Lipinski definition) is 0. The first kappa shape index (κ1) is 23.8. The number of pyridine rings is 1. The van der Waals surface area contributed by atoms with Crippen molar-refractivity contribution in [2.45, 2.75) is 12.6 Å². The number of nitrogens with zero attached hydrogens (tertiary/aromatic N) is 4. The van der Waals surface area contributed by atoms with Gasteiger partial charge in [0, 0.05) is 43.3 Å². The van der Waals surface area contributed by atoms with Crippen LogP contribution in [0.4, 0.5) is 19.0 Å². The lowest BCUT2D eigenvalue weighted by Crippen LogP contribution is -2.49. The molecule has 0 bridgehead atoms. The van der Waals surface area contributed by atoms with Gasteiger partial charge in [0.05, 0.1) is 31.9 Å². The summed E-state index contributed by atoms with van der Waals surface area (Å²) in [5.74, 6) is 1.67. The summed E-state index contributed by atoms with van der Waals surface area (Å²) in [5, 5.41) is 2.65. The average Bonchev–Trinajstić information content (AvgIpc) is 3.31. The van der Waals surface area contributed by atoms with Crippen LogP contribution in [0.25, 0.3) is 10.6 Å². The van der Waals surface area contributed by atoms with Crippen LogP contribution in [-0.2, 0) is 17.4 Å². The molecule has 1 aliphatic heterocycles. The van der Waals surface area contributed by atoms with Gasteiger partial charge in [-0.3, -0.25) is 4.79 Å². The second-order valence-electron chi connectivity index (χ2n) is 7.66. The van der Waals surface area contributed by atoms with E-state index in [1.807, 2.05) is 28.5 Å². The molecule has 11 heteroatoms. The molecule has 1 saturated heterocycles. The first-order chi connectivity index (χ1) is 16.3. The Hall–Kier alpha value is -3.34. The fraction of sp³-hybridized carbons (Fsp3) is 0.348. The van der Waals surface area contributed by atoms with Gasteiger partial charge in [-0.25, -0.2) is 9.97 Å². The largest absolute Gasteiger partial charge is 0.493 e. The Labute approximate surface area is 198 Å². The summed E-state index contributed by atoms with van der Waals surface area (Å²) in [6, 6.07) is 7.94. The van der Waals surface area contributed by atoms with Crippen LogP contribution in [0, 0.1) is 0 Å². The van der Waals surface area contributed by atoms with E-state index in [1.54, 1.807) is 19.1 Å². The van der Waals surface area contributed by atoms with Gasteiger partial charge in [0.15, 0.2) is 11.5 Å². The summed E-state index contributed by atoms with van der Waals surface area (Å²) in [6.07, 6.45) is -3.39. The lowest BCUT2D eigenvalue weighted by Gasteiger charge is -2.35. The van der Waals surface area contributed by atoms with Gasteiger partial charge >= 0.3 is 6.18 Å². The number of carbonyl (C=O) groups excluding carboxylic acids is 1. The minimum absolute atomic E-state index is 0.0378. The number of halogens is 3. The molecule has 180 valence electrons. The monoisotopic (exact) mass is 492 g/mol. The van der Waals surface area contributed by atoms with Crippen molar-refractivity contribution in [2.75, 3.05) is 45.3 Å². The minimum atomic E-state index is -4.41. The Bertz CT molecular complexity index is 1140. The van der Waals surface area contributed by atoms with Crippen LogP contribution >= 0.6 is 11.3 Å². The SMILES string of the molecule is COc1ccc(-c2nc(CC(=O)N3CCN(c4ccc(C(F)(F)F)cn4)CC3)cs2)cc1OC. The molecule has 34 heavy (non-hydrogen) atoms. The molecule has 0 atom stereocenters. The first-order valence-electron chi connectivity index (χ1n) is 10.5. The number of piperazine rings is 1. The van der Waals surface area contributed by atoms with Crippen LogP contribution in [0.15, 0.2) is 41.9 Å². The van der Waals surface area contributed by atoms with Crippen LogP contribution in [0.3, 0.4) is 0 Å². The second-order valence-corrected chi connectivity index (χ2v) is 8.52. The zero-order valence-electron chi connectivity index (χ0n) is 18.6. The van der Waals surface area contributed by atoms with E-state index in [0.717, 1.165) is 22.8 Å². The highest BCUT2D eigenvalue weighted by Crippen LogP contribution is 2.34. The van der Waals surface area contributed by atoms with Gasteiger partial charge in [-0.2, -0.15) is 13.2 Å². The van der Waals surface area contributed by atoms with Crippen LogP contribution in [0.2, 0.25) is 0 Å². The Morgan fingerprint density at radius 2 is 1.79 bits per heavy atom. The molecule has 0 N–H and O–H groups in total. The van der Waals surface area contributed by atoms with E-state index >= 15 is 0 Å². The summed E-state index contributed by atoms with van der Waals surface area (Å²) in [4.78, 5) is 25.0. The van der Waals surface area contributed by atoms with Crippen molar-refractivity contribution in [2.24, 2.45) is 0 Å². The van der Waals surface area contributed by atoms with Gasteiger partial charge in [-0.1, -0.05) is 0 Å². The number of methoxy groups -OCH3 is 2. The van der Waals surface area contributed by atoms with Gasteiger partial charge in [0.2, 0.25) is 5.91 Å². The molecule has 0 aliphatic carbocycles. The average molecular weight is 493 g/mol. The number of carbonyl (C=O) groups is 1. The predicted octanol–water partition coefficient (Wildman–Crippen LogP) is 4.13. The van der Waals surface area contributed by atoms with E-state index in [2.05, 4.69) is 9.97 Å². The maximum atomic E-state index is 12.8. The third-order valence-electron chi connectivity index (χ3n) is 5.55. The number of alkyl halides is 3. The molecule has 1 aromatic carbocycles. The summed E-state index contributed by atoms with van der Waals surface area (Å²) in [5.41, 5.74) is 0.784. The van der Waals surface area contributed by atoms with Crippen LogP contribution in [-0.4, -0.2) is 61.2 Å². The third kappa shape index (κ3) is 5.24. The van der Waals surface area contributed by atoms with Crippen molar-refractivity contribution < 1.29 is 27.4 Å². The standard InChI is InChI=1S/C23H23F3N4O3S/c1-32-18-5-3-15(11-19(18)33-2)22-28-17(14-34-22)12-21(31)30-9-7-29(8-10-30)20-6-4-16(13-27-20)23(24,25)26/h3-6,11,13-14H,7-10,12H2,1-2H3. The highest BCUT2D eigenvalue weighted by molar-refractivity contribution is 7.13. The second kappa shape index (κ2) is 9.88. The zero-order valence-corrected chi connectivity index (χ0v) is 19.4. The minimum Gasteiger partial charge on any atom is -0.493 e. The molecule has 4 rings (SSSR count). The molecule has 0 radical (unpaired) electrons. The van der Waals surface area contributed by atoms with Gasteiger partial charge in [0.25, 0.3) is 0 Å². The van der Waals surface area contributed by atoms with Gasteiger partial charge in [0.1, 0.15) is 10.8 Å². The van der Waals surface area contributed by atoms with Crippen molar-refractivity contribution in [1.82, 2.24) is 14.9 Å². The number of aromatic nitrogens is 2. The number of thiazole rings is 1. The van der Waals surface area contributed by atoms with Crippen molar-refractivity contribution >= 4 is 23.1 Å². The zero-order chi connectivity index (χ0) is 24.3. The molecule has 1 aliphatic rings. The Balaban J connectivity index is 1.34. The number of anilines is 1. The van der Waals surface area contributed by atoms with Crippen LogP contribution < -0.4 is 14.4 Å². The number of benzene rings is 1. The molecule has 0 unspecified atom stereocenters. The molecule has 0 saturated carbocycles. The smallest absolute Gasteiger partial charge is 0.417 e. The third-order valence-corrected chi connectivity index (χ3v) is 6.49. The van der Waals surface area contributed by atoms with Crippen molar-refractivity contribution in [3.8, 4) is 22.1 Å². The van der Waals surface area contributed by atoms with Crippen molar-refractivity contribution in [3.63, 3.8) is 0 Å². The first-order valence-corrected chi connectivity index (χ1v) is 11.4. The number of amides is 1. The van der Waals surface area contributed by atoms with Crippen LogP contribution in [0.5, 0.6) is 11.5 Å². The fourth-order valence-electron chi connectivity index (χ4n) is 3.68. The number of ether oxygens (including phenoxy) is 2. The molecule has 2 aromatic heterocycles. The van der Waals surface area contributed by atoms with E-state index in [0.29, 0.717) is 49.2 Å².